The van der Waals surface area contributed by atoms with Crippen molar-refractivity contribution in [3.8, 4) is 0 Å². The van der Waals surface area contributed by atoms with Crippen molar-refractivity contribution in [2.75, 3.05) is 24.2 Å². The SMILES string of the molecule is CCc1nn(C)c(NCCCCOC(C)C)c1N. The molecule has 0 unspecified atom stereocenters. The van der Waals surface area contributed by atoms with E-state index in [0.717, 1.165) is 49.6 Å². The second-order valence-electron chi connectivity index (χ2n) is 4.74. The Labute approximate surface area is 110 Å². The lowest BCUT2D eigenvalue weighted by Gasteiger charge is -2.09. The number of ether oxygens (including phenoxy) is 1. The molecule has 0 saturated heterocycles. The molecule has 3 N–H and O–H groups in total. The molecule has 1 aromatic heterocycles. The van der Waals surface area contributed by atoms with Crippen LogP contribution in [0.4, 0.5) is 11.5 Å². The molecule has 1 heterocycles. The van der Waals surface area contributed by atoms with Crippen molar-refractivity contribution in [1.29, 1.82) is 0 Å². The van der Waals surface area contributed by atoms with Crippen LogP contribution in [0.25, 0.3) is 0 Å². The summed E-state index contributed by atoms with van der Waals surface area (Å²) in [6.07, 6.45) is 3.31. The average Bonchev–Trinajstić information content (AvgIpc) is 2.59. The Kier molecular flexibility index (Phi) is 5.98. The van der Waals surface area contributed by atoms with Gasteiger partial charge in [0.1, 0.15) is 5.82 Å². The van der Waals surface area contributed by atoms with Gasteiger partial charge in [0.05, 0.1) is 17.5 Å². The Hall–Kier alpha value is -1.23. The maximum absolute atomic E-state index is 6.02. The van der Waals surface area contributed by atoms with Gasteiger partial charge in [-0.1, -0.05) is 6.92 Å². The van der Waals surface area contributed by atoms with Gasteiger partial charge in [-0.3, -0.25) is 4.68 Å². The summed E-state index contributed by atoms with van der Waals surface area (Å²) >= 11 is 0. The number of aryl methyl sites for hydroxylation is 2. The minimum Gasteiger partial charge on any atom is -0.394 e. The molecule has 5 nitrogen and oxygen atoms in total. The highest BCUT2D eigenvalue weighted by Crippen LogP contribution is 2.22. The maximum Gasteiger partial charge on any atom is 0.147 e. The molecule has 1 aromatic rings. The van der Waals surface area contributed by atoms with Gasteiger partial charge >= 0.3 is 0 Å². The molecular formula is C13H26N4O. The Bertz CT molecular complexity index is 360. The zero-order valence-corrected chi connectivity index (χ0v) is 12.0. The minimum absolute atomic E-state index is 0.317. The third kappa shape index (κ3) is 4.22. The number of aromatic nitrogens is 2. The molecule has 0 fully saturated rings. The molecule has 0 amide bonds. The smallest absolute Gasteiger partial charge is 0.147 e. The van der Waals surface area contributed by atoms with Crippen molar-refractivity contribution < 1.29 is 4.74 Å². The first-order valence-corrected chi connectivity index (χ1v) is 6.73. The Morgan fingerprint density at radius 1 is 1.39 bits per heavy atom. The van der Waals surface area contributed by atoms with Crippen molar-refractivity contribution in [3.63, 3.8) is 0 Å². The van der Waals surface area contributed by atoms with Gasteiger partial charge in [-0.25, -0.2) is 0 Å². The van der Waals surface area contributed by atoms with Crippen LogP contribution in [0.2, 0.25) is 0 Å². The molecule has 0 bridgehead atoms. The standard InChI is InChI=1S/C13H26N4O/c1-5-11-12(14)13(17(4)16-11)15-8-6-7-9-18-10(2)3/h10,15H,5-9,14H2,1-4H3. The maximum atomic E-state index is 6.02. The lowest BCUT2D eigenvalue weighted by molar-refractivity contribution is 0.0765. The zero-order valence-electron chi connectivity index (χ0n) is 12.0. The van der Waals surface area contributed by atoms with Crippen LogP contribution in [0, 0.1) is 0 Å². The van der Waals surface area contributed by atoms with Gasteiger partial charge in [-0.2, -0.15) is 5.10 Å². The second-order valence-corrected chi connectivity index (χ2v) is 4.74. The number of nitrogens with zero attached hydrogens (tertiary/aromatic N) is 2. The fourth-order valence-corrected chi connectivity index (χ4v) is 1.82. The van der Waals surface area contributed by atoms with E-state index in [2.05, 4.69) is 31.2 Å². The topological polar surface area (TPSA) is 65.1 Å². The van der Waals surface area contributed by atoms with E-state index >= 15 is 0 Å². The van der Waals surface area contributed by atoms with Gasteiger partial charge in [0.25, 0.3) is 0 Å². The Balaban J connectivity index is 2.29. The van der Waals surface area contributed by atoms with Crippen LogP contribution in [0.5, 0.6) is 0 Å². The highest BCUT2D eigenvalue weighted by molar-refractivity contribution is 5.64. The third-order valence-electron chi connectivity index (χ3n) is 2.81. The van der Waals surface area contributed by atoms with Crippen LogP contribution in [0.3, 0.4) is 0 Å². The fraction of sp³-hybridized carbons (Fsp3) is 0.769. The number of hydrogen-bond donors (Lipinski definition) is 2. The van der Waals surface area contributed by atoms with E-state index in [4.69, 9.17) is 10.5 Å². The highest BCUT2D eigenvalue weighted by atomic mass is 16.5. The number of anilines is 2. The summed E-state index contributed by atoms with van der Waals surface area (Å²) in [6, 6.07) is 0. The molecule has 0 spiro atoms. The molecule has 0 aliphatic heterocycles. The number of nitrogen functional groups attached to an aromatic ring is 1. The first-order valence-electron chi connectivity index (χ1n) is 6.73. The van der Waals surface area contributed by atoms with Gasteiger partial charge in [0.15, 0.2) is 0 Å². The summed E-state index contributed by atoms with van der Waals surface area (Å²) in [6.45, 7) is 7.89. The summed E-state index contributed by atoms with van der Waals surface area (Å²) in [4.78, 5) is 0. The molecule has 104 valence electrons. The average molecular weight is 254 g/mol. The van der Waals surface area contributed by atoms with Crippen molar-refractivity contribution in [2.45, 2.75) is 46.1 Å². The van der Waals surface area contributed by atoms with Gasteiger partial charge in [-0.05, 0) is 33.1 Å². The van der Waals surface area contributed by atoms with Crippen LogP contribution >= 0.6 is 0 Å². The van der Waals surface area contributed by atoms with Crippen molar-refractivity contribution in [2.24, 2.45) is 7.05 Å². The number of nitrogens with one attached hydrogen (secondary N) is 1. The largest absolute Gasteiger partial charge is 0.394 e. The van der Waals surface area contributed by atoms with Crippen LogP contribution < -0.4 is 11.1 Å². The van der Waals surface area contributed by atoms with E-state index in [-0.39, 0.29) is 0 Å². The minimum atomic E-state index is 0.317. The second kappa shape index (κ2) is 7.26. The molecule has 0 aliphatic carbocycles. The van der Waals surface area contributed by atoms with Crippen LogP contribution in [-0.2, 0) is 18.2 Å². The molecule has 0 atom stereocenters. The van der Waals surface area contributed by atoms with Gasteiger partial charge < -0.3 is 15.8 Å². The summed E-state index contributed by atoms with van der Waals surface area (Å²) < 4.78 is 7.31. The lowest BCUT2D eigenvalue weighted by atomic mass is 10.3. The molecule has 1 rings (SSSR count). The van der Waals surface area contributed by atoms with E-state index in [1.807, 2.05) is 11.7 Å². The Morgan fingerprint density at radius 3 is 2.67 bits per heavy atom. The van der Waals surface area contributed by atoms with E-state index in [0.29, 0.717) is 6.10 Å². The molecule has 0 radical (unpaired) electrons. The van der Waals surface area contributed by atoms with Crippen molar-refractivity contribution >= 4 is 11.5 Å². The summed E-state index contributed by atoms with van der Waals surface area (Å²) in [5.74, 6) is 0.927. The van der Waals surface area contributed by atoms with E-state index in [1.54, 1.807) is 0 Å². The molecule has 5 heteroatoms. The number of hydrogen-bond acceptors (Lipinski definition) is 4. The zero-order chi connectivity index (χ0) is 13.5. The first kappa shape index (κ1) is 14.8. The highest BCUT2D eigenvalue weighted by Gasteiger charge is 2.10. The molecule has 0 saturated carbocycles. The molecule has 18 heavy (non-hydrogen) atoms. The predicted octanol–water partition coefficient (Wildman–Crippen LogP) is 2.18. The van der Waals surface area contributed by atoms with E-state index in [1.165, 1.54) is 0 Å². The number of unbranched alkanes of at least 4 members (excludes halogenated alkanes) is 1. The monoisotopic (exact) mass is 254 g/mol. The molecule has 0 aromatic carbocycles. The predicted molar refractivity (Wildman–Crippen MR) is 75.8 cm³/mol. The van der Waals surface area contributed by atoms with Gasteiger partial charge in [-0.15, -0.1) is 0 Å². The number of nitrogens with two attached hydrogens (primary N) is 1. The Morgan fingerprint density at radius 2 is 2.11 bits per heavy atom. The van der Waals surface area contributed by atoms with E-state index in [9.17, 15) is 0 Å². The summed E-state index contributed by atoms with van der Waals surface area (Å²) in [7, 11) is 1.92. The third-order valence-corrected chi connectivity index (χ3v) is 2.81. The van der Waals surface area contributed by atoms with E-state index < -0.39 is 0 Å². The normalized spacial score (nSPS) is 11.2. The van der Waals surface area contributed by atoms with Gasteiger partial charge in [0.2, 0.25) is 0 Å². The summed E-state index contributed by atoms with van der Waals surface area (Å²) in [5, 5.41) is 7.72. The number of rotatable bonds is 8. The van der Waals surface area contributed by atoms with Gasteiger partial charge in [0, 0.05) is 20.2 Å². The van der Waals surface area contributed by atoms with Crippen molar-refractivity contribution in [1.82, 2.24) is 9.78 Å². The molecular weight excluding hydrogens is 228 g/mol. The summed E-state index contributed by atoms with van der Waals surface area (Å²) in [5.41, 5.74) is 7.76. The quantitative estimate of drug-likeness (QED) is 0.698. The van der Waals surface area contributed by atoms with Crippen molar-refractivity contribution in [3.05, 3.63) is 5.69 Å². The fourth-order valence-electron chi connectivity index (χ4n) is 1.82. The first-order chi connectivity index (χ1) is 8.56. The molecule has 0 aliphatic rings. The van der Waals surface area contributed by atoms with Crippen LogP contribution in [0.15, 0.2) is 0 Å². The lowest BCUT2D eigenvalue weighted by Crippen LogP contribution is -2.10. The van der Waals surface area contributed by atoms with Crippen LogP contribution in [0.1, 0.15) is 39.3 Å². The van der Waals surface area contributed by atoms with Crippen LogP contribution in [-0.4, -0.2) is 29.0 Å².